The second-order valence-corrected chi connectivity index (χ2v) is 8.58. The first-order valence-corrected chi connectivity index (χ1v) is 10.4. The van der Waals surface area contributed by atoms with Crippen molar-refractivity contribution in [1.82, 2.24) is 9.55 Å². The Morgan fingerprint density at radius 2 is 2.19 bits per heavy atom. The number of allylic oxidation sites excluding steroid dienone is 1. The van der Waals surface area contributed by atoms with Crippen LogP contribution < -0.4 is 10.9 Å². The summed E-state index contributed by atoms with van der Waals surface area (Å²) in [6.45, 7) is 7.87. The molecular weight excluding hydrogens is 402 g/mol. The normalized spacial score (nSPS) is 10.9. The van der Waals surface area contributed by atoms with Crippen molar-refractivity contribution in [2.75, 3.05) is 11.1 Å². The van der Waals surface area contributed by atoms with E-state index in [0.717, 1.165) is 10.4 Å². The van der Waals surface area contributed by atoms with E-state index in [9.17, 15) is 9.59 Å². The van der Waals surface area contributed by atoms with Crippen molar-refractivity contribution < 1.29 is 4.79 Å². The van der Waals surface area contributed by atoms with Crippen LogP contribution in [-0.4, -0.2) is 21.2 Å². The number of rotatable bonds is 6. The number of hydrogen-bond acceptors (Lipinski definition) is 5. The van der Waals surface area contributed by atoms with Crippen LogP contribution in [0.4, 0.5) is 5.69 Å². The topological polar surface area (TPSA) is 64.0 Å². The Morgan fingerprint density at radius 3 is 2.89 bits per heavy atom. The molecule has 8 heteroatoms. The molecule has 0 spiro atoms. The van der Waals surface area contributed by atoms with Crippen LogP contribution in [0.15, 0.2) is 46.9 Å². The Bertz CT molecular complexity index is 1090. The average molecular weight is 420 g/mol. The fourth-order valence-corrected chi connectivity index (χ4v) is 4.56. The maximum Gasteiger partial charge on any atom is 0.263 e. The maximum absolute atomic E-state index is 12.7. The Kier molecular flexibility index (Phi) is 6.04. The van der Waals surface area contributed by atoms with Gasteiger partial charge in [-0.1, -0.05) is 29.4 Å². The van der Waals surface area contributed by atoms with Gasteiger partial charge in [0.25, 0.3) is 5.56 Å². The van der Waals surface area contributed by atoms with Crippen LogP contribution in [0.2, 0.25) is 5.02 Å². The molecule has 0 aliphatic rings. The summed E-state index contributed by atoms with van der Waals surface area (Å²) in [4.78, 5) is 31.4. The number of nitrogens with zero attached hydrogens (tertiary/aromatic N) is 2. The highest BCUT2D eigenvalue weighted by Gasteiger charge is 2.15. The minimum absolute atomic E-state index is 0.110. The predicted molar refractivity (Wildman–Crippen MR) is 114 cm³/mol. The van der Waals surface area contributed by atoms with Gasteiger partial charge in [-0.25, -0.2) is 4.98 Å². The van der Waals surface area contributed by atoms with Gasteiger partial charge in [0.2, 0.25) is 5.91 Å². The summed E-state index contributed by atoms with van der Waals surface area (Å²) in [5.74, 6) is -0.0334. The molecule has 1 N–H and O–H groups in total. The molecule has 3 rings (SSSR count). The highest BCUT2D eigenvalue weighted by atomic mass is 35.5. The molecule has 0 atom stereocenters. The number of thiophene rings is 1. The number of nitrogens with one attached hydrogen (secondary N) is 1. The number of carbonyl (C=O) groups excluding carboxylic acids is 1. The van der Waals surface area contributed by atoms with E-state index in [1.807, 2.05) is 19.9 Å². The summed E-state index contributed by atoms with van der Waals surface area (Å²) in [5.41, 5.74) is 1.49. The van der Waals surface area contributed by atoms with Crippen LogP contribution in [0.1, 0.15) is 10.4 Å². The molecule has 5 nitrogen and oxygen atoms in total. The SMILES string of the molecule is C=CCn1c(SCC(=O)Nc2ccc(Cl)cc2C)nc2sc(C)cc2c1=O. The van der Waals surface area contributed by atoms with Crippen molar-refractivity contribution in [3.05, 3.63) is 62.7 Å². The lowest BCUT2D eigenvalue weighted by Gasteiger charge is -2.11. The monoisotopic (exact) mass is 419 g/mol. The van der Waals surface area contributed by atoms with Crippen molar-refractivity contribution in [2.24, 2.45) is 0 Å². The molecule has 0 bridgehead atoms. The summed E-state index contributed by atoms with van der Waals surface area (Å²) in [6, 6.07) is 7.14. The quantitative estimate of drug-likeness (QED) is 0.359. The van der Waals surface area contributed by atoms with Gasteiger partial charge < -0.3 is 5.32 Å². The van der Waals surface area contributed by atoms with E-state index in [-0.39, 0.29) is 17.2 Å². The maximum atomic E-state index is 12.7. The number of halogens is 1. The van der Waals surface area contributed by atoms with Crippen molar-refractivity contribution in [3.8, 4) is 0 Å². The van der Waals surface area contributed by atoms with E-state index >= 15 is 0 Å². The molecule has 0 aliphatic heterocycles. The first kappa shape index (κ1) is 19.7. The van der Waals surface area contributed by atoms with Gasteiger partial charge in [-0.2, -0.15) is 0 Å². The van der Waals surface area contributed by atoms with E-state index in [1.54, 1.807) is 28.8 Å². The molecule has 0 fully saturated rings. The van der Waals surface area contributed by atoms with Gasteiger partial charge in [-0.3, -0.25) is 14.2 Å². The van der Waals surface area contributed by atoms with Crippen LogP contribution in [0.3, 0.4) is 0 Å². The smallest absolute Gasteiger partial charge is 0.263 e. The molecule has 0 saturated heterocycles. The Hall–Kier alpha value is -2.09. The molecule has 0 radical (unpaired) electrons. The standard InChI is InChI=1S/C19H18ClN3O2S2/c1-4-7-23-18(25)14-9-12(3)27-17(14)22-19(23)26-10-16(24)21-15-6-5-13(20)8-11(15)2/h4-6,8-9H,1,7,10H2,2-3H3,(H,21,24). The zero-order valence-corrected chi connectivity index (χ0v) is 17.3. The molecular formula is C19H18ClN3O2S2. The Balaban J connectivity index is 1.81. The van der Waals surface area contributed by atoms with Crippen molar-refractivity contribution in [2.45, 2.75) is 25.5 Å². The molecule has 140 valence electrons. The van der Waals surface area contributed by atoms with Gasteiger partial charge >= 0.3 is 0 Å². The summed E-state index contributed by atoms with van der Waals surface area (Å²) >= 11 is 8.65. The fourth-order valence-electron chi connectivity index (χ4n) is 2.60. The summed E-state index contributed by atoms with van der Waals surface area (Å²) in [5, 5.41) is 4.60. The zero-order valence-electron chi connectivity index (χ0n) is 14.9. The third kappa shape index (κ3) is 4.43. The largest absolute Gasteiger partial charge is 0.325 e. The van der Waals surface area contributed by atoms with Gasteiger partial charge in [0.1, 0.15) is 4.83 Å². The lowest BCUT2D eigenvalue weighted by Crippen LogP contribution is -2.23. The Morgan fingerprint density at radius 1 is 1.41 bits per heavy atom. The summed E-state index contributed by atoms with van der Waals surface area (Å²) in [6.07, 6.45) is 1.65. The van der Waals surface area contributed by atoms with Gasteiger partial charge in [-0.15, -0.1) is 17.9 Å². The van der Waals surface area contributed by atoms with E-state index in [4.69, 9.17) is 11.6 Å². The number of aryl methyl sites for hydroxylation is 2. The van der Waals surface area contributed by atoms with Crippen molar-refractivity contribution >= 4 is 56.5 Å². The molecule has 0 aliphatic carbocycles. The number of fused-ring (bicyclic) bond motifs is 1. The molecule has 0 saturated carbocycles. The van der Waals surface area contributed by atoms with Crippen LogP contribution >= 0.6 is 34.7 Å². The highest BCUT2D eigenvalue weighted by Crippen LogP contribution is 2.25. The van der Waals surface area contributed by atoms with Crippen LogP contribution in [0, 0.1) is 13.8 Å². The van der Waals surface area contributed by atoms with E-state index in [2.05, 4.69) is 16.9 Å². The third-order valence-corrected chi connectivity index (χ3v) is 6.00. The number of anilines is 1. The summed E-state index contributed by atoms with van der Waals surface area (Å²) < 4.78 is 1.55. The van der Waals surface area contributed by atoms with Gasteiger partial charge in [0.05, 0.1) is 11.1 Å². The van der Waals surface area contributed by atoms with E-state index < -0.39 is 0 Å². The van der Waals surface area contributed by atoms with Crippen molar-refractivity contribution in [3.63, 3.8) is 0 Å². The van der Waals surface area contributed by atoms with Crippen molar-refractivity contribution in [1.29, 1.82) is 0 Å². The molecule has 27 heavy (non-hydrogen) atoms. The molecule has 1 aromatic carbocycles. The van der Waals surface area contributed by atoms with Crippen LogP contribution in [-0.2, 0) is 11.3 Å². The van der Waals surface area contributed by atoms with Gasteiger partial charge in [0, 0.05) is 22.1 Å². The van der Waals surface area contributed by atoms with Crippen LogP contribution in [0.5, 0.6) is 0 Å². The second kappa shape index (κ2) is 8.29. The molecule has 0 unspecified atom stereocenters. The number of carbonyl (C=O) groups is 1. The number of thioether (sulfide) groups is 1. The molecule has 3 aromatic rings. The lowest BCUT2D eigenvalue weighted by atomic mass is 10.2. The number of aromatic nitrogens is 2. The minimum Gasteiger partial charge on any atom is -0.325 e. The first-order valence-electron chi connectivity index (χ1n) is 8.19. The third-order valence-electron chi connectivity index (χ3n) is 3.85. The Labute approximate surface area is 170 Å². The van der Waals surface area contributed by atoms with E-state index in [1.165, 1.54) is 23.1 Å². The summed E-state index contributed by atoms with van der Waals surface area (Å²) in [7, 11) is 0. The van der Waals surface area contributed by atoms with E-state index in [0.29, 0.717) is 32.6 Å². The van der Waals surface area contributed by atoms with Gasteiger partial charge in [0.15, 0.2) is 5.16 Å². The first-order chi connectivity index (χ1) is 12.9. The molecule has 2 heterocycles. The highest BCUT2D eigenvalue weighted by molar-refractivity contribution is 7.99. The lowest BCUT2D eigenvalue weighted by molar-refractivity contribution is -0.113. The molecule has 2 aromatic heterocycles. The average Bonchev–Trinajstić information content (AvgIpc) is 2.99. The van der Waals surface area contributed by atoms with Crippen LogP contribution in [0.25, 0.3) is 10.2 Å². The zero-order chi connectivity index (χ0) is 19.6. The number of amides is 1. The number of hydrogen-bond donors (Lipinski definition) is 1. The van der Waals surface area contributed by atoms with Gasteiger partial charge in [-0.05, 0) is 43.7 Å². The molecule has 1 amide bonds. The predicted octanol–water partition coefficient (Wildman–Crippen LogP) is 4.65. The minimum atomic E-state index is -0.174. The fraction of sp³-hybridized carbons (Fsp3) is 0.211. The second-order valence-electron chi connectivity index (χ2n) is 5.97. The number of benzene rings is 1.